The molecule has 3 heterocycles. The van der Waals surface area contributed by atoms with Gasteiger partial charge in [-0.15, -0.1) is 0 Å². The predicted octanol–water partition coefficient (Wildman–Crippen LogP) is 3.78. The van der Waals surface area contributed by atoms with Crippen LogP contribution < -0.4 is 4.90 Å². The Balaban J connectivity index is 1.28. The molecule has 0 spiro atoms. The first-order valence-corrected chi connectivity index (χ1v) is 11.3. The fraction of sp³-hybridized carbons (Fsp3) is 0.222. The number of carbonyl (C=O) groups excluding carboxylic acids is 3. The van der Waals surface area contributed by atoms with Crippen LogP contribution in [0.3, 0.4) is 0 Å². The summed E-state index contributed by atoms with van der Waals surface area (Å²) < 4.78 is 0. The number of amides is 3. The fourth-order valence-electron chi connectivity index (χ4n) is 5.28. The third-order valence-electron chi connectivity index (χ3n) is 6.93. The zero-order valence-corrected chi connectivity index (χ0v) is 18.1. The van der Waals surface area contributed by atoms with Crippen molar-refractivity contribution in [3.05, 3.63) is 101 Å². The number of anilines is 1. The first kappa shape index (κ1) is 19.7. The molecule has 3 aliphatic heterocycles. The molecule has 0 aliphatic carbocycles. The van der Waals surface area contributed by atoms with Gasteiger partial charge in [-0.2, -0.15) is 0 Å². The lowest BCUT2D eigenvalue weighted by molar-refractivity contribution is -0.132. The molecule has 3 aromatic carbocycles. The van der Waals surface area contributed by atoms with E-state index in [-0.39, 0.29) is 30.7 Å². The maximum absolute atomic E-state index is 13.5. The molecule has 3 aromatic rings. The molecule has 0 saturated carbocycles. The summed E-state index contributed by atoms with van der Waals surface area (Å²) in [7, 11) is 0. The van der Waals surface area contributed by atoms with Crippen LogP contribution >= 0.6 is 0 Å². The van der Waals surface area contributed by atoms with Crippen LogP contribution in [0, 0.1) is 0 Å². The molecule has 3 amide bonds. The van der Waals surface area contributed by atoms with Crippen LogP contribution in [-0.2, 0) is 17.8 Å². The molecule has 164 valence electrons. The second kappa shape index (κ2) is 7.59. The highest BCUT2D eigenvalue weighted by atomic mass is 16.2. The summed E-state index contributed by atoms with van der Waals surface area (Å²) in [4.78, 5) is 45.1. The van der Waals surface area contributed by atoms with E-state index >= 15 is 0 Å². The maximum Gasteiger partial charge on any atom is 0.260 e. The van der Waals surface area contributed by atoms with Gasteiger partial charge in [-0.05, 0) is 35.7 Å². The van der Waals surface area contributed by atoms with E-state index in [4.69, 9.17) is 0 Å². The van der Waals surface area contributed by atoms with Gasteiger partial charge < -0.3 is 9.80 Å². The molecule has 0 radical (unpaired) electrons. The average Bonchev–Trinajstić information content (AvgIpc) is 3.16. The third-order valence-corrected chi connectivity index (χ3v) is 6.93. The molecule has 0 saturated heterocycles. The van der Waals surface area contributed by atoms with Gasteiger partial charge in [-0.1, -0.05) is 54.6 Å². The van der Waals surface area contributed by atoms with Crippen LogP contribution in [0.15, 0.2) is 72.8 Å². The van der Waals surface area contributed by atoms with Gasteiger partial charge in [0.1, 0.15) is 6.17 Å². The minimum Gasteiger partial charge on any atom is -0.338 e. The van der Waals surface area contributed by atoms with Crippen LogP contribution in [0.25, 0.3) is 0 Å². The molecule has 0 bridgehead atoms. The summed E-state index contributed by atoms with van der Waals surface area (Å²) in [5.41, 5.74) is 5.02. The van der Waals surface area contributed by atoms with E-state index in [1.54, 1.807) is 28.0 Å². The van der Waals surface area contributed by atoms with Crippen molar-refractivity contribution in [1.82, 2.24) is 9.80 Å². The minimum atomic E-state index is -0.522. The molecule has 3 aliphatic rings. The molecular weight excluding hydrogens is 414 g/mol. The Kier molecular flexibility index (Phi) is 4.54. The van der Waals surface area contributed by atoms with E-state index in [1.807, 2.05) is 47.4 Å². The van der Waals surface area contributed by atoms with Crippen LogP contribution in [0.2, 0.25) is 0 Å². The number of hydrogen-bond donors (Lipinski definition) is 0. The molecule has 0 N–H and O–H groups in total. The summed E-state index contributed by atoms with van der Waals surface area (Å²) in [5.74, 6) is -0.229. The molecule has 33 heavy (non-hydrogen) atoms. The Labute approximate surface area is 192 Å². The first-order valence-electron chi connectivity index (χ1n) is 11.3. The van der Waals surface area contributed by atoms with Crippen LogP contribution in [-0.4, -0.2) is 40.6 Å². The Morgan fingerprint density at radius 3 is 2.36 bits per heavy atom. The van der Waals surface area contributed by atoms with Gasteiger partial charge in [-0.25, -0.2) is 0 Å². The second-order valence-corrected chi connectivity index (χ2v) is 8.74. The highest BCUT2D eigenvalue weighted by Gasteiger charge is 2.47. The highest BCUT2D eigenvalue weighted by molar-refractivity contribution is 6.16. The van der Waals surface area contributed by atoms with Crippen molar-refractivity contribution >= 4 is 23.4 Å². The number of benzene rings is 3. The van der Waals surface area contributed by atoms with Crippen molar-refractivity contribution in [3.8, 4) is 0 Å². The van der Waals surface area contributed by atoms with Crippen LogP contribution in [0.4, 0.5) is 5.69 Å². The second-order valence-electron chi connectivity index (χ2n) is 8.74. The van der Waals surface area contributed by atoms with Gasteiger partial charge in [0.15, 0.2) is 0 Å². The summed E-state index contributed by atoms with van der Waals surface area (Å²) >= 11 is 0. The number of para-hydroxylation sites is 1. The maximum atomic E-state index is 13.5. The Bertz CT molecular complexity index is 1300. The highest BCUT2D eigenvalue weighted by Crippen LogP contribution is 2.45. The van der Waals surface area contributed by atoms with Gasteiger partial charge in [0.05, 0.1) is 11.3 Å². The topological polar surface area (TPSA) is 60.9 Å². The number of hydrogen-bond acceptors (Lipinski definition) is 3. The van der Waals surface area contributed by atoms with E-state index in [0.29, 0.717) is 29.9 Å². The number of nitrogens with zero attached hydrogens (tertiary/aromatic N) is 3. The van der Waals surface area contributed by atoms with Crippen molar-refractivity contribution in [3.63, 3.8) is 0 Å². The molecule has 6 rings (SSSR count). The van der Waals surface area contributed by atoms with Gasteiger partial charge in [0, 0.05) is 37.2 Å². The minimum absolute atomic E-state index is 0.0281. The van der Waals surface area contributed by atoms with Crippen molar-refractivity contribution in [1.29, 1.82) is 0 Å². The Morgan fingerprint density at radius 1 is 0.818 bits per heavy atom. The summed E-state index contributed by atoms with van der Waals surface area (Å²) in [5, 5.41) is 0. The van der Waals surface area contributed by atoms with Gasteiger partial charge in [-0.3, -0.25) is 19.3 Å². The zero-order valence-electron chi connectivity index (χ0n) is 18.1. The van der Waals surface area contributed by atoms with Crippen molar-refractivity contribution < 1.29 is 14.4 Å². The quantitative estimate of drug-likeness (QED) is 0.627. The van der Waals surface area contributed by atoms with E-state index < -0.39 is 6.17 Å². The van der Waals surface area contributed by atoms with Crippen LogP contribution in [0.5, 0.6) is 0 Å². The lowest BCUT2D eigenvalue weighted by Crippen LogP contribution is -2.49. The molecule has 1 atom stereocenters. The zero-order chi connectivity index (χ0) is 22.5. The van der Waals surface area contributed by atoms with Crippen molar-refractivity contribution in [2.45, 2.75) is 25.6 Å². The van der Waals surface area contributed by atoms with Crippen molar-refractivity contribution in [2.24, 2.45) is 0 Å². The largest absolute Gasteiger partial charge is 0.338 e. The van der Waals surface area contributed by atoms with E-state index in [1.165, 1.54) is 11.1 Å². The predicted molar refractivity (Wildman–Crippen MR) is 124 cm³/mol. The smallest absolute Gasteiger partial charge is 0.260 e. The van der Waals surface area contributed by atoms with E-state index in [9.17, 15) is 14.4 Å². The lowest BCUT2D eigenvalue weighted by Gasteiger charge is -2.41. The molecule has 6 nitrogen and oxygen atoms in total. The number of carbonyl (C=O) groups is 3. The lowest BCUT2D eigenvalue weighted by atomic mass is 9.99. The van der Waals surface area contributed by atoms with E-state index in [2.05, 4.69) is 12.1 Å². The number of rotatable bonds is 3. The van der Waals surface area contributed by atoms with Gasteiger partial charge >= 0.3 is 0 Å². The molecular formula is C27H23N3O3. The van der Waals surface area contributed by atoms with E-state index in [0.717, 1.165) is 12.0 Å². The fourth-order valence-corrected chi connectivity index (χ4v) is 5.28. The Morgan fingerprint density at radius 2 is 1.52 bits per heavy atom. The number of fused-ring (bicyclic) bond motifs is 6. The summed E-state index contributed by atoms with van der Waals surface area (Å²) in [6.07, 6.45) is 0.540. The molecule has 0 aromatic heterocycles. The average molecular weight is 437 g/mol. The van der Waals surface area contributed by atoms with Crippen LogP contribution in [0.1, 0.15) is 50.0 Å². The standard InChI is InChI=1S/C27H23N3O3/c31-24(28-15-13-18-7-1-2-8-19(18)17-28)14-16-29-25-20-9-3-4-10-21(20)27(33)30(25)23-12-6-5-11-22(23)26(29)32/h1-12,25H,13-17H2/t25-/m0/s1. The molecule has 0 fully saturated rings. The monoisotopic (exact) mass is 437 g/mol. The summed E-state index contributed by atoms with van der Waals surface area (Å²) in [6.45, 7) is 1.54. The molecule has 6 heteroatoms. The normalized spacial score (nSPS) is 18.5. The third kappa shape index (κ3) is 3.05. The molecule has 0 unspecified atom stereocenters. The SMILES string of the molecule is O=C(CCN1C(=O)c2ccccc2N2C(=O)c3ccccc3[C@@H]12)N1CCc2ccccc2C1. The van der Waals surface area contributed by atoms with Gasteiger partial charge in [0.2, 0.25) is 5.91 Å². The first-order chi connectivity index (χ1) is 16.1. The summed E-state index contributed by atoms with van der Waals surface area (Å²) in [6, 6.07) is 22.9. The Hall–Kier alpha value is -3.93. The van der Waals surface area contributed by atoms with Gasteiger partial charge in [0.25, 0.3) is 11.8 Å². The van der Waals surface area contributed by atoms with Crippen molar-refractivity contribution in [2.75, 3.05) is 18.0 Å².